The number of carboxylic acids is 2. The van der Waals surface area contributed by atoms with Crippen LogP contribution in [0.1, 0.15) is 62.7 Å². The highest BCUT2D eigenvalue weighted by Crippen LogP contribution is 2.29. The average molecular weight is 553 g/mol. The van der Waals surface area contributed by atoms with Gasteiger partial charge >= 0.3 is 24.0 Å². The van der Waals surface area contributed by atoms with Crippen LogP contribution in [-0.2, 0) is 4.79 Å². The Morgan fingerprint density at radius 3 is 1.88 bits per heavy atom. The van der Waals surface area contributed by atoms with Gasteiger partial charge in [0, 0.05) is 26.2 Å². The van der Waals surface area contributed by atoms with E-state index in [1.54, 1.807) is 35.2 Å². The van der Waals surface area contributed by atoms with Crippen LogP contribution in [0.15, 0.2) is 54.6 Å². The van der Waals surface area contributed by atoms with E-state index >= 15 is 0 Å². The number of aromatic carboxylic acids is 1. The van der Waals surface area contributed by atoms with Gasteiger partial charge in [-0.1, -0.05) is 57.7 Å². The molecule has 1 heterocycles. The lowest BCUT2D eigenvalue weighted by Gasteiger charge is -2.42. The molecule has 0 unspecified atom stereocenters. The van der Waals surface area contributed by atoms with Crippen LogP contribution in [0.5, 0.6) is 0 Å². The Bertz CT molecular complexity index is 1130. The largest absolute Gasteiger partial charge is 0.480 e. The Hall–Kier alpha value is -4.08. The molecule has 2 aromatic carbocycles. The summed E-state index contributed by atoms with van der Waals surface area (Å²) in [5.74, 6) is -2.28. The van der Waals surface area contributed by atoms with Gasteiger partial charge in [0.25, 0.3) is 0 Å². The van der Waals surface area contributed by atoms with Gasteiger partial charge in [-0.15, -0.1) is 0 Å². The Labute approximate surface area is 235 Å². The number of amides is 4. The van der Waals surface area contributed by atoms with Crippen LogP contribution in [0.2, 0.25) is 0 Å². The molecule has 1 atom stereocenters. The number of nitrogens with zero attached hydrogens (tertiary/aromatic N) is 4. The number of carbonyl (C=O) groups excluding carboxylic acids is 2. The summed E-state index contributed by atoms with van der Waals surface area (Å²) in [7, 11) is 0. The normalized spacial score (nSPS) is 15.0. The highest BCUT2D eigenvalue weighted by molar-refractivity contribution is 6.01. The van der Waals surface area contributed by atoms with E-state index in [0.717, 1.165) is 38.5 Å². The number of anilines is 2. The number of piperazine rings is 1. The predicted molar refractivity (Wildman–Crippen MR) is 153 cm³/mol. The summed E-state index contributed by atoms with van der Waals surface area (Å²) in [6.07, 6.45) is 5.89. The molecule has 2 aromatic rings. The topological polar surface area (TPSA) is 122 Å². The van der Waals surface area contributed by atoms with Gasteiger partial charge in [-0.2, -0.15) is 0 Å². The molecule has 10 nitrogen and oxygen atoms in total. The average Bonchev–Trinajstić information content (AvgIpc) is 2.96. The molecule has 0 aromatic heterocycles. The number of aliphatic carboxylic acids is 1. The molecule has 40 heavy (non-hydrogen) atoms. The van der Waals surface area contributed by atoms with E-state index in [2.05, 4.69) is 13.8 Å². The van der Waals surface area contributed by atoms with Crippen LogP contribution >= 0.6 is 0 Å². The van der Waals surface area contributed by atoms with Crippen molar-refractivity contribution in [3.8, 4) is 0 Å². The van der Waals surface area contributed by atoms with Crippen molar-refractivity contribution < 1.29 is 29.4 Å². The first-order valence-corrected chi connectivity index (χ1v) is 14.0. The molecule has 216 valence electrons. The first-order chi connectivity index (χ1) is 19.3. The fraction of sp³-hybridized carbons (Fsp3) is 0.467. The van der Waals surface area contributed by atoms with Gasteiger partial charge in [0.2, 0.25) is 0 Å². The summed E-state index contributed by atoms with van der Waals surface area (Å²) < 4.78 is 0. The molecule has 1 aliphatic rings. The monoisotopic (exact) mass is 552 g/mol. The molecule has 1 fully saturated rings. The second-order valence-electron chi connectivity index (χ2n) is 9.98. The number of hydrogen-bond donors (Lipinski definition) is 2. The number of carbonyl (C=O) groups is 4. The third kappa shape index (κ3) is 7.74. The van der Waals surface area contributed by atoms with Gasteiger partial charge in [0.05, 0.1) is 23.5 Å². The molecule has 1 saturated heterocycles. The molecule has 4 amide bonds. The maximum Gasteiger partial charge on any atom is 0.335 e. The molecular formula is C30H40N4O6. The smallest absolute Gasteiger partial charge is 0.335 e. The quantitative estimate of drug-likeness (QED) is 0.335. The zero-order chi connectivity index (χ0) is 29.1. The number of hydrogen-bond acceptors (Lipinski definition) is 4. The molecule has 10 heteroatoms. The molecule has 0 aliphatic carbocycles. The van der Waals surface area contributed by atoms with Crippen molar-refractivity contribution in [2.75, 3.05) is 37.6 Å². The van der Waals surface area contributed by atoms with Gasteiger partial charge in [-0.05, 0) is 49.2 Å². The van der Waals surface area contributed by atoms with Crippen LogP contribution in [0.3, 0.4) is 0 Å². The zero-order valence-electron chi connectivity index (χ0n) is 23.4. The predicted octanol–water partition coefficient (Wildman–Crippen LogP) is 5.52. The van der Waals surface area contributed by atoms with Crippen molar-refractivity contribution >= 4 is 35.4 Å². The molecule has 0 radical (unpaired) electrons. The number of benzene rings is 2. The lowest BCUT2D eigenvalue weighted by atomic mass is 10.1. The molecular weight excluding hydrogens is 512 g/mol. The third-order valence-corrected chi connectivity index (χ3v) is 7.09. The van der Waals surface area contributed by atoms with E-state index in [9.17, 15) is 29.4 Å². The summed E-state index contributed by atoms with van der Waals surface area (Å²) in [5, 5.41) is 19.4. The first-order valence-electron chi connectivity index (χ1n) is 14.0. The SMILES string of the molecule is CCCCCN(CCCCC)C(=O)N1CCN(C(=O)N(c2ccccc2)c2ccc(C(=O)O)cc2)[C@H](C(=O)O)C1. The van der Waals surface area contributed by atoms with Crippen LogP contribution in [0, 0.1) is 0 Å². The fourth-order valence-electron chi connectivity index (χ4n) is 4.83. The summed E-state index contributed by atoms with van der Waals surface area (Å²) in [6.45, 7) is 5.62. The van der Waals surface area contributed by atoms with Crippen LogP contribution in [0.4, 0.5) is 21.0 Å². The van der Waals surface area contributed by atoms with Crippen LogP contribution in [-0.4, -0.2) is 87.7 Å². The van der Waals surface area contributed by atoms with Crippen molar-refractivity contribution in [1.82, 2.24) is 14.7 Å². The molecule has 0 saturated carbocycles. The molecule has 0 spiro atoms. The first kappa shape index (κ1) is 30.5. The third-order valence-electron chi connectivity index (χ3n) is 7.09. The minimum absolute atomic E-state index is 0.0514. The van der Waals surface area contributed by atoms with E-state index in [-0.39, 0.29) is 31.2 Å². The number of urea groups is 2. The van der Waals surface area contributed by atoms with Gasteiger partial charge < -0.3 is 24.9 Å². The maximum absolute atomic E-state index is 14.0. The molecule has 3 rings (SSSR count). The van der Waals surface area contributed by atoms with Gasteiger partial charge in [-0.25, -0.2) is 19.2 Å². The van der Waals surface area contributed by atoms with Crippen LogP contribution < -0.4 is 4.90 Å². The molecule has 2 N–H and O–H groups in total. The van der Waals surface area contributed by atoms with E-state index in [4.69, 9.17) is 0 Å². The summed E-state index contributed by atoms with van der Waals surface area (Å²) >= 11 is 0. The zero-order valence-corrected chi connectivity index (χ0v) is 23.4. The number of carboxylic acid groups (broad SMARTS) is 2. The molecule has 1 aliphatic heterocycles. The van der Waals surface area contributed by atoms with Gasteiger partial charge in [0.1, 0.15) is 6.04 Å². The summed E-state index contributed by atoms with van der Waals surface area (Å²) in [4.78, 5) is 57.2. The number of rotatable bonds is 12. The van der Waals surface area contributed by atoms with Gasteiger partial charge in [0.15, 0.2) is 0 Å². The highest BCUT2D eigenvalue weighted by atomic mass is 16.4. The lowest BCUT2D eigenvalue weighted by Crippen LogP contribution is -2.62. The van der Waals surface area contributed by atoms with E-state index in [1.807, 2.05) is 4.90 Å². The Kier molecular flexibility index (Phi) is 11.4. The Balaban J connectivity index is 1.84. The van der Waals surface area contributed by atoms with Crippen molar-refractivity contribution in [3.05, 3.63) is 60.2 Å². The van der Waals surface area contributed by atoms with E-state index in [1.165, 1.54) is 34.1 Å². The number of para-hydroxylation sites is 1. The van der Waals surface area contributed by atoms with Crippen molar-refractivity contribution in [2.45, 2.75) is 58.4 Å². The lowest BCUT2D eigenvalue weighted by molar-refractivity contribution is -0.143. The van der Waals surface area contributed by atoms with Crippen molar-refractivity contribution in [1.29, 1.82) is 0 Å². The standard InChI is InChI=1S/C30H40N4O6/c1-3-5-10-18-31(19-11-6-4-2)29(39)32-20-21-33(26(22-32)28(37)38)30(40)34(24-12-8-7-9-13-24)25-16-14-23(15-17-25)27(35)36/h7-9,12-17,26H,3-6,10-11,18-22H2,1-2H3,(H,35,36)(H,37,38)/t26-/m0/s1. The Morgan fingerprint density at radius 2 is 1.35 bits per heavy atom. The summed E-state index contributed by atoms with van der Waals surface area (Å²) in [5.41, 5.74) is 0.986. The Morgan fingerprint density at radius 1 is 0.775 bits per heavy atom. The van der Waals surface area contributed by atoms with Crippen molar-refractivity contribution in [2.24, 2.45) is 0 Å². The second-order valence-corrected chi connectivity index (χ2v) is 9.98. The summed E-state index contributed by atoms with van der Waals surface area (Å²) in [6, 6.07) is 12.6. The minimum atomic E-state index is -1.23. The minimum Gasteiger partial charge on any atom is -0.480 e. The van der Waals surface area contributed by atoms with Gasteiger partial charge in [-0.3, -0.25) is 4.90 Å². The highest BCUT2D eigenvalue weighted by Gasteiger charge is 2.40. The van der Waals surface area contributed by atoms with Crippen molar-refractivity contribution in [3.63, 3.8) is 0 Å². The van der Waals surface area contributed by atoms with E-state index in [0.29, 0.717) is 24.5 Å². The maximum atomic E-state index is 14.0. The van der Waals surface area contributed by atoms with E-state index < -0.39 is 24.0 Å². The second kappa shape index (κ2) is 14.9. The fourth-order valence-corrected chi connectivity index (χ4v) is 4.83. The van der Waals surface area contributed by atoms with Crippen LogP contribution in [0.25, 0.3) is 0 Å². The number of unbranched alkanes of at least 4 members (excludes halogenated alkanes) is 4. The molecule has 0 bridgehead atoms.